The van der Waals surface area contributed by atoms with Gasteiger partial charge in [0.25, 0.3) is 0 Å². The van der Waals surface area contributed by atoms with Crippen LogP contribution in [0.1, 0.15) is 30.5 Å². The van der Waals surface area contributed by atoms with E-state index in [0.29, 0.717) is 13.2 Å². The molecule has 0 aliphatic carbocycles. The number of hydrogen-bond donors (Lipinski definition) is 1. The first kappa shape index (κ1) is 16.0. The van der Waals surface area contributed by atoms with E-state index in [9.17, 15) is 4.79 Å². The highest BCUT2D eigenvalue weighted by Crippen LogP contribution is 2.20. The molecule has 3 N–H and O–H groups in total. The van der Waals surface area contributed by atoms with Gasteiger partial charge in [0.2, 0.25) is 0 Å². The molecule has 0 amide bonds. The molecule has 0 aliphatic heterocycles. The van der Waals surface area contributed by atoms with E-state index in [2.05, 4.69) is 5.73 Å². The van der Waals surface area contributed by atoms with Gasteiger partial charge >= 0.3 is 5.97 Å². The van der Waals surface area contributed by atoms with Gasteiger partial charge < -0.3 is 15.2 Å². The molecule has 4 heteroatoms. The van der Waals surface area contributed by atoms with Crippen molar-refractivity contribution < 1.29 is 20.0 Å². The van der Waals surface area contributed by atoms with Crippen LogP contribution < -0.4 is 10.5 Å². The van der Waals surface area contributed by atoms with E-state index in [-0.39, 0.29) is 18.4 Å². The number of carbonyl (C=O) groups is 1. The van der Waals surface area contributed by atoms with E-state index in [4.69, 9.17) is 9.47 Å². The topological polar surface area (TPSA) is 63.2 Å². The molecule has 22 heavy (non-hydrogen) atoms. The first-order chi connectivity index (χ1) is 10.7. The van der Waals surface area contributed by atoms with Crippen LogP contribution in [-0.2, 0) is 16.1 Å². The summed E-state index contributed by atoms with van der Waals surface area (Å²) in [5, 5.41) is 0. The average molecular weight is 300 g/mol. The van der Waals surface area contributed by atoms with Crippen LogP contribution in [0.5, 0.6) is 5.75 Å². The standard InChI is InChI=1S/C18H21NO3/c1-2-21-18(20)12-17(19)15-9-6-10-16(11-15)22-13-14-7-4-3-5-8-14/h3-11,17H,2,12-13,19H2,1H3/p+1/t17-/m0/s1. The van der Waals surface area contributed by atoms with Crippen LogP contribution in [0.2, 0.25) is 0 Å². The van der Waals surface area contributed by atoms with Crippen molar-refractivity contribution in [1.82, 2.24) is 0 Å². The molecule has 4 nitrogen and oxygen atoms in total. The fourth-order valence-electron chi connectivity index (χ4n) is 2.14. The lowest BCUT2D eigenvalue weighted by Crippen LogP contribution is -2.54. The van der Waals surface area contributed by atoms with E-state index in [1.54, 1.807) is 6.92 Å². The summed E-state index contributed by atoms with van der Waals surface area (Å²) in [6, 6.07) is 17.6. The van der Waals surface area contributed by atoms with Crippen molar-refractivity contribution >= 4 is 5.97 Å². The smallest absolute Gasteiger partial charge is 0.312 e. The number of carbonyl (C=O) groups excluding carboxylic acids is 1. The molecule has 2 rings (SSSR count). The zero-order chi connectivity index (χ0) is 15.8. The van der Waals surface area contributed by atoms with Crippen molar-refractivity contribution in [3.63, 3.8) is 0 Å². The molecule has 116 valence electrons. The number of quaternary nitrogens is 1. The third-order valence-electron chi connectivity index (χ3n) is 3.30. The summed E-state index contributed by atoms with van der Waals surface area (Å²) in [5.74, 6) is 0.553. The Morgan fingerprint density at radius 1 is 1.14 bits per heavy atom. The number of benzene rings is 2. The van der Waals surface area contributed by atoms with Crippen molar-refractivity contribution in [3.05, 3.63) is 65.7 Å². The van der Waals surface area contributed by atoms with Crippen molar-refractivity contribution in [2.45, 2.75) is 26.0 Å². The lowest BCUT2D eigenvalue weighted by Gasteiger charge is -2.11. The third kappa shape index (κ3) is 4.90. The number of hydrogen-bond acceptors (Lipinski definition) is 3. The molecule has 0 fully saturated rings. The lowest BCUT2D eigenvalue weighted by atomic mass is 10.0. The quantitative estimate of drug-likeness (QED) is 0.799. The summed E-state index contributed by atoms with van der Waals surface area (Å²) in [5.41, 5.74) is 6.12. The molecular weight excluding hydrogens is 278 g/mol. The number of ether oxygens (including phenoxy) is 2. The third-order valence-corrected chi connectivity index (χ3v) is 3.30. The zero-order valence-electron chi connectivity index (χ0n) is 12.8. The van der Waals surface area contributed by atoms with Crippen molar-refractivity contribution in [1.29, 1.82) is 0 Å². The minimum Gasteiger partial charge on any atom is -0.489 e. The summed E-state index contributed by atoms with van der Waals surface area (Å²) in [6.45, 7) is 2.71. The molecule has 0 aromatic heterocycles. The molecule has 0 saturated carbocycles. The molecule has 2 aromatic carbocycles. The highest BCUT2D eigenvalue weighted by molar-refractivity contribution is 5.70. The SMILES string of the molecule is CCOC(=O)C[C@H]([NH3+])c1cccc(OCc2ccccc2)c1. The van der Waals surface area contributed by atoms with Gasteiger partial charge in [-0.1, -0.05) is 42.5 Å². The molecule has 0 spiro atoms. The highest BCUT2D eigenvalue weighted by atomic mass is 16.5. The Hall–Kier alpha value is -2.33. The van der Waals surface area contributed by atoms with Crippen LogP contribution in [0.25, 0.3) is 0 Å². The summed E-state index contributed by atoms with van der Waals surface area (Å²) < 4.78 is 10.8. The minimum absolute atomic E-state index is 0.140. The van der Waals surface area contributed by atoms with Crippen LogP contribution in [-0.4, -0.2) is 12.6 Å². The van der Waals surface area contributed by atoms with E-state index in [0.717, 1.165) is 16.9 Å². The Morgan fingerprint density at radius 3 is 2.64 bits per heavy atom. The van der Waals surface area contributed by atoms with Gasteiger partial charge in [0.05, 0.1) is 6.61 Å². The molecule has 1 atom stereocenters. The molecule has 0 saturated heterocycles. The second-order valence-electron chi connectivity index (χ2n) is 5.05. The molecule has 0 aliphatic rings. The van der Waals surface area contributed by atoms with Gasteiger partial charge in [-0.2, -0.15) is 0 Å². The van der Waals surface area contributed by atoms with Crippen LogP contribution in [0.15, 0.2) is 54.6 Å². The van der Waals surface area contributed by atoms with Gasteiger partial charge in [0, 0.05) is 5.56 Å². The van der Waals surface area contributed by atoms with E-state index in [1.165, 1.54) is 0 Å². The Kier molecular flexibility index (Phi) is 5.98. The Balaban J connectivity index is 1.95. The summed E-state index contributed by atoms with van der Waals surface area (Å²) in [4.78, 5) is 11.5. The molecule has 2 aromatic rings. The molecule has 0 heterocycles. The van der Waals surface area contributed by atoms with Crippen LogP contribution >= 0.6 is 0 Å². The molecule has 0 radical (unpaired) electrons. The summed E-state index contributed by atoms with van der Waals surface area (Å²) in [6.07, 6.45) is 0.274. The average Bonchev–Trinajstić information content (AvgIpc) is 2.54. The van der Waals surface area contributed by atoms with Crippen LogP contribution in [0.3, 0.4) is 0 Å². The van der Waals surface area contributed by atoms with E-state index >= 15 is 0 Å². The van der Waals surface area contributed by atoms with E-state index in [1.807, 2.05) is 54.6 Å². The van der Waals surface area contributed by atoms with Crippen molar-refractivity contribution in [2.75, 3.05) is 6.61 Å². The molecule has 0 unspecified atom stereocenters. The molecular formula is C18H22NO3+. The number of esters is 1. The lowest BCUT2D eigenvalue weighted by molar-refractivity contribution is -0.425. The van der Waals surface area contributed by atoms with Crippen molar-refractivity contribution in [2.24, 2.45) is 0 Å². The molecule has 0 bridgehead atoms. The summed E-state index contributed by atoms with van der Waals surface area (Å²) in [7, 11) is 0. The maximum Gasteiger partial charge on any atom is 0.312 e. The van der Waals surface area contributed by atoms with Crippen molar-refractivity contribution in [3.8, 4) is 5.75 Å². The van der Waals surface area contributed by atoms with Crippen LogP contribution in [0.4, 0.5) is 0 Å². The summed E-state index contributed by atoms with van der Waals surface area (Å²) >= 11 is 0. The number of rotatable bonds is 7. The van der Waals surface area contributed by atoms with Gasteiger partial charge in [0.1, 0.15) is 24.8 Å². The van der Waals surface area contributed by atoms with E-state index < -0.39 is 0 Å². The first-order valence-corrected chi connectivity index (χ1v) is 7.44. The fraction of sp³-hybridized carbons (Fsp3) is 0.278. The van der Waals surface area contributed by atoms with Gasteiger partial charge in [-0.15, -0.1) is 0 Å². The Labute approximate surface area is 130 Å². The Bertz CT molecular complexity index is 598. The fourth-order valence-corrected chi connectivity index (χ4v) is 2.14. The van der Waals surface area contributed by atoms with Gasteiger partial charge in [-0.05, 0) is 24.6 Å². The predicted molar refractivity (Wildman–Crippen MR) is 84.1 cm³/mol. The second-order valence-corrected chi connectivity index (χ2v) is 5.05. The van der Waals surface area contributed by atoms with Gasteiger partial charge in [-0.25, -0.2) is 0 Å². The Morgan fingerprint density at radius 2 is 1.91 bits per heavy atom. The largest absolute Gasteiger partial charge is 0.489 e. The zero-order valence-corrected chi connectivity index (χ0v) is 12.8. The van der Waals surface area contributed by atoms with Gasteiger partial charge in [0.15, 0.2) is 0 Å². The monoisotopic (exact) mass is 300 g/mol. The normalized spacial score (nSPS) is 11.7. The second kappa shape index (κ2) is 8.20. The van der Waals surface area contributed by atoms with Crippen LogP contribution in [0, 0.1) is 0 Å². The minimum atomic E-state index is -0.224. The predicted octanol–water partition coefficient (Wildman–Crippen LogP) is 2.50. The first-order valence-electron chi connectivity index (χ1n) is 7.44. The maximum absolute atomic E-state index is 11.5. The van der Waals surface area contributed by atoms with Gasteiger partial charge in [-0.3, -0.25) is 4.79 Å². The maximum atomic E-state index is 11.5. The highest BCUT2D eigenvalue weighted by Gasteiger charge is 2.16.